The Hall–Kier alpha value is -4.34. The van der Waals surface area contributed by atoms with Gasteiger partial charge in [0.2, 0.25) is 0 Å². The zero-order chi connectivity index (χ0) is 36.1. The molecule has 6 aromatic carbocycles. The van der Waals surface area contributed by atoms with Crippen molar-refractivity contribution in [3.8, 4) is 34.1 Å². The molecule has 0 radical (unpaired) electrons. The predicted octanol–water partition coefficient (Wildman–Crippen LogP) is -0.285. The van der Waals surface area contributed by atoms with E-state index in [0.717, 1.165) is 24.3 Å². The molecule has 6 rings (SSSR count). The number of nitrogen functional groups attached to an aromatic ring is 2. The van der Waals surface area contributed by atoms with Crippen LogP contribution in [0.4, 0.5) is 34.1 Å². The Bertz CT molecular complexity index is 2510. The molecule has 0 bridgehead atoms. The van der Waals surface area contributed by atoms with Gasteiger partial charge in [-0.25, -0.2) is 0 Å². The van der Waals surface area contributed by atoms with Gasteiger partial charge in [0.05, 0.1) is 11.4 Å². The number of azo groups is 2. The molecule has 6 aromatic rings. The maximum atomic E-state index is 12.9. The van der Waals surface area contributed by atoms with Gasteiger partial charge < -0.3 is 31.9 Å². The van der Waals surface area contributed by atoms with E-state index in [4.69, 9.17) is 11.5 Å². The number of benzene rings is 6. The minimum Gasteiger partial charge on any atom is -0.871 e. The van der Waals surface area contributed by atoms with Crippen molar-refractivity contribution >= 4 is 75.9 Å². The van der Waals surface area contributed by atoms with Crippen LogP contribution in [0.5, 0.6) is 23.0 Å². The van der Waals surface area contributed by atoms with Crippen LogP contribution in [0.15, 0.2) is 115 Å². The zero-order valence-corrected chi connectivity index (χ0v) is 32.7. The molecule has 52 heavy (non-hydrogen) atoms. The average molecular weight is 761 g/mol. The summed E-state index contributed by atoms with van der Waals surface area (Å²) in [6.07, 6.45) is 0. The number of fused-ring (bicyclic) bond motifs is 2. The summed E-state index contributed by atoms with van der Waals surface area (Å²) < 4.78 is 67.8. The maximum Gasteiger partial charge on any atom is 1.00 e. The van der Waals surface area contributed by atoms with Gasteiger partial charge in [-0.1, -0.05) is 35.8 Å². The van der Waals surface area contributed by atoms with Gasteiger partial charge in [-0.15, -0.1) is 10.2 Å². The predicted molar refractivity (Wildman–Crippen MR) is 179 cm³/mol. The molecule has 0 aliphatic rings. The van der Waals surface area contributed by atoms with Gasteiger partial charge in [0, 0.05) is 22.1 Å². The van der Waals surface area contributed by atoms with Gasteiger partial charge in [0.15, 0.2) is 11.5 Å². The Labute approximate surface area is 339 Å². The minimum absolute atomic E-state index is 0. The number of aromatic hydroxyl groups is 2. The normalized spacial score (nSPS) is 12.0. The third kappa shape index (κ3) is 8.16. The molecule has 20 heteroatoms. The summed E-state index contributed by atoms with van der Waals surface area (Å²) in [6, 6.07) is 18.1. The number of rotatable bonds is 7. The van der Waals surface area contributed by atoms with E-state index in [2.05, 4.69) is 20.5 Å². The van der Waals surface area contributed by atoms with E-state index < -0.39 is 64.4 Å². The van der Waals surface area contributed by atoms with Crippen molar-refractivity contribution in [1.29, 1.82) is 0 Å². The van der Waals surface area contributed by atoms with Crippen molar-refractivity contribution in [2.24, 2.45) is 20.5 Å². The first kappa shape index (κ1) is 40.4. The van der Waals surface area contributed by atoms with Crippen LogP contribution in [0.3, 0.4) is 0 Å². The standard InChI is InChI=1S/C32H24N6O10S2.2Na/c33-19-3-5-21-17(9-19)13-27(49(43,44)45)29(31(21)41)37-35-23-7-1-15(11-25(23)39)16-2-8-24(26(40)12-16)36-38-30-28(50(46,47)48)14-18-10-20(34)4-6-22(18)32(30)42;;/h1-14,39-42H,33-34H2,(H,43,44,45)(H,46,47,48);;/q;2*+1/p-2. The fraction of sp³-hybridized carbons (Fsp3) is 0. The minimum atomic E-state index is -4.90. The van der Waals surface area contributed by atoms with Gasteiger partial charge >= 0.3 is 59.1 Å². The SMILES string of the molecule is Nc1ccc2c(O)c(N=Nc3ccc(-c4ccc(N=Nc5c(S(=O)(=O)O)cc6cc(N)ccc6c5O)c([O-])c4)cc3[O-])c(S(=O)(=O)O)cc2c1.[Na+].[Na+]. The first-order chi connectivity index (χ1) is 23.5. The molecule has 0 amide bonds. The van der Waals surface area contributed by atoms with Crippen LogP contribution in [0.25, 0.3) is 32.7 Å². The smallest absolute Gasteiger partial charge is 0.871 e. The molecule has 0 spiro atoms. The van der Waals surface area contributed by atoms with Crippen LogP contribution in [0, 0.1) is 0 Å². The maximum absolute atomic E-state index is 12.9. The van der Waals surface area contributed by atoms with E-state index in [0.29, 0.717) is 0 Å². The Morgan fingerprint density at radius 3 is 1.21 bits per heavy atom. The molecule has 0 heterocycles. The van der Waals surface area contributed by atoms with Gasteiger partial charge in [-0.05, 0) is 82.6 Å². The molecule has 0 aliphatic heterocycles. The monoisotopic (exact) mass is 760 g/mol. The summed E-state index contributed by atoms with van der Waals surface area (Å²) in [7, 11) is -9.80. The first-order valence-corrected chi connectivity index (χ1v) is 16.9. The third-order valence-electron chi connectivity index (χ3n) is 7.47. The molecule has 0 unspecified atom stereocenters. The quantitative estimate of drug-likeness (QED) is 0.0530. The van der Waals surface area contributed by atoms with Crippen molar-refractivity contribution in [2.75, 3.05) is 11.5 Å². The van der Waals surface area contributed by atoms with E-state index in [-0.39, 0.29) is 115 Å². The Balaban J connectivity index is 0.00000302. The summed E-state index contributed by atoms with van der Waals surface area (Å²) in [5, 5.41) is 63.1. The summed E-state index contributed by atoms with van der Waals surface area (Å²) in [4.78, 5) is -1.53. The van der Waals surface area contributed by atoms with Crippen molar-refractivity contribution in [3.05, 3.63) is 84.9 Å². The molecule has 0 atom stereocenters. The van der Waals surface area contributed by atoms with E-state index in [1.807, 2.05) is 0 Å². The molecule has 0 fully saturated rings. The van der Waals surface area contributed by atoms with Crippen LogP contribution >= 0.6 is 0 Å². The average Bonchev–Trinajstić information content (AvgIpc) is 3.03. The third-order valence-corrected chi connectivity index (χ3v) is 9.21. The topological polar surface area (TPSA) is 297 Å². The van der Waals surface area contributed by atoms with Gasteiger partial charge in [0.1, 0.15) is 21.2 Å². The first-order valence-electron chi connectivity index (χ1n) is 14.0. The number of hydrogen-bond donors (Lipinski definition) is 6. The molecule has 0 saturated carbocycles. The summed E-state index contributed by atoms with van der Waals surface area (Å²) in [5.74, 6) is -2.65. The molecule has 254 valence electrons. The van der Waals surface area contributed by atoms with E-state index >= 15 is 0 Å². The molecule has 0 aliphatic carbocycles. The van der Waals surface area contributed by atoms with E-state index in [1.165, 1.54) is 60.7 Å². The Kier molecular flexibility index (Phi) is 11.9. The number of nitrogens with two attached hydrogens (primary N) is 2. The molecular formula is C32H22N6Na2O10S2. The van der Waals surface area contributed by atoms with E-state index in [9.17, 15) is 46.4 Å². The molecular weight excluding hydrogens is 738 g/mol. The number of anilines is 2. The van der Waals surface area contributed by atoms with Crippen LogP contribution < -0.4 is 80.8 Å². The van der Waals surface area contributed by atoms with Crippen LogP contribution in [-0.2, 0) is 20.2 Å². The zero-order valence-electron chi connectivity index (χ0n) is 27.1. The molecule has 8 N–H and O–H groups in total. The van der Waals surface area contributed by atoms with Crippen LogP contribution in [-0.4, -0.2) is 36.2 Å². The molecule has 16 nitrogen and oxygen atoms in total. The Morgan fingerprint density at radius 1 is 0.519 bits per heavy atom. The van der Waals surface area contributed by atoms with Gasteiger partial charge in [0.25, 0.3) is 20.2 Å². The fourth-order valence-electron chi connectivity index (χ4n) is 5.09. The van der Waals surface area contributed by atoms with Gasteiger partial charge in [-0.3, -0.25) is 9.11 Å². The number of nitrogens with zero attached hydrogens (tertiary/aromatic N) is 4. The summed E-state index contributed by atoms with van der Waals surface area (Å²) in [6.45, 7) is 0. The Morgan fingerprint density at radius 2 is 0.885 bits per heavy atom. The molecule has 0 aromatic heterocycles. The summed E-state index contributed by atoms with van der Waals surface area (Å²) >= 11 is 0. The summed E-state index contributed by atoms with van der Waals surface area (Å²) in [5.41, 5.74) is 10.8. The van der Waals surface area contributed by atoms with Crippen LogP contribution in [0.2, 0.25) is 0 Å². The number of phenols is 2. The van der Waals surface area contributed by atoms with Crippen molar-refractivity contribution < 1.29 is 105 Å². The van der Waals surface area contributed by atoms with Crippen molar-refractivity contribution in [3.63, 3.8) is 0 Å². The largest absolute Gasteiger partial charge is 1.00 e. The number of phenolic OH excluding ortho intramolecular Hbond substituents is 2. The van der Waals surface area contributed by atoms with Crippen molar-refractivity contribution in [2.45, 2.75) is 9.79 Å². The van der Waals surface area contributed by atoms with Crippen LogP contribution in [0.1, 0.15) is 0 Å². The van der Waals surface area contributed by atoms with E-state index in [1.54, 1.807) is 0 Å². The molecule has 0 saturated heterocycles. The van der Waals surface area contributed by atoms with Gasteiger partial charge in [-0.2, -0.15) is 27.1 Å². The second-order valence-corrected chi connectivity index (χ2v) is 13.6. The second-order valence-electron chi connectivity index (χ2n) is 10.8. The van der Waals surface area contributed by atoms with Crippen molar-refractivity contribution in [1.82, 2.24) is 0 Å². The number of hydrogen-bond acceptors (Lipinski definition) is 14. The fourth-order valence-corrected chi connectivity index (χ4v) is 6.40. The second kappa shape index (κ2) is 15.3.